The van der Waals surface area contributed by atoms with Crippen molar-refractivity contribution in [1.82, 2.24) is 25.3 Å². The first-order valence-corrected chi connectivity index (χ1v) is 8.59. The van der Waals surface area contributed by atoms with Crippen molar-refractivity contribution < 1.29 is 4.52 Å². The highest BCUT2D eigenvalue weighted by Crippen LogP contribution is 2.22. The molecule has 8 heteroatoms. The Bertz CT molecular complexity index is 768. The Labute approximate surface area is 143 Å². The van der Waals surface area contributed by atoms with Crippen LogP contribution >= 0.6 is 23.4 Å². The van der Waals surface area contributed by atoms with Gasteiger partial charge in [0, 0.05) is 17.0 Å². The maximum absolute atomic E-state index is 5.88. The Morgan fingerprint density at radius 2 is 2.00 bits per heavy atom. The fourth-order valence-electron chi connectivity index (χ4n) is 1.96. The Morgan fingerprint density at radius 1 is 1.22 bits per heavy atom. The lowest BCUT2D eigenvalue weighted by atomic mass is 10.1. The van der Waals surface area contributed by atoms with Crippen molar-refractivity contribution in [3.05, 3.63) is 41.0 Å². The Hall–Kier alpha value is -1.86. The molecule has 120 valence electrons. The van der Waals surface area contributed by atoms with Crippen molar-refractivity contribution in [3.63, 3.8) is 0 Å². The van der Waals surface area contributed by atoms with E-state index in [1.807, 2.05) is 24.3 Å². The van der Waals surface area contributed by atoms with Gasteiger partial charge in [0.15, 0.2) is 11.6 Å². The average Bonchev–Trinajstić information content (AvgIpc) is 3.14. The highest BCUT2D eigenvalue weighted by Gasteiger charge is 2.11. The molecule has 23 heavy (non-hydrogen) atoms. The molecule has 2 aromatic heterocycles. The molecule has 0 atom stereocenters. The predicted molar refractivity (Wildman–Crippen MR) is 89.2 cm³/mol. The van der Waals surface area contributed by atoms with Crippen LogP contribution in [0, 0.1) is 5.92 Å². The number of hydrogen-bond acceptors (Lipinski definition) is 6. The molecular formula is C15H16ClN5OS. The quantitative estimate of drug-likeness (QED) is 0.677. The first-order valence-electron chi connectivity index (χ1n) is 7.23. The fraction of sp³-hybridized carbons (Fsp3) is 0.333. The zero-order valence-corrected chi connectivity index (χ0v) is 14.4. The number of benzene rings is 1. The van der Waals surface area contributed by atoms with Gasteiger partial charge in [0.1, 0.15) is 0 Å². The number of halogens is 1. The van der Waals surface area contributed by atoms with E-state index in [4.69, 9.17) is 16.1 Å². The fourth-order valence-corrected chi connectivity index (χ4v) is 2.73. The molecule has 2 heterocycles. The molecule has 3 aromatic rings. The number of thioether (sulfide) groups is 1. The van der Waals surface area contributed by atoms with Crippen LogP contribution in [0.1, 0.15) is 25.6 Å². The van der Waals surface area contributed by atoms with Gasteiger partial charge in [-0.1, -0.05) is 42.4 Å². The minimum Gasteiger partial charge on any atom is -0.339 e. The second-order valence-corrected chi connectivity index (χ2v) is 6.84. The highest BCUT2D eigenvalue weighted by molar-refractivity contribution is 7.98. The maximum atomic E-state index is 5.88. The molecule has 0 aliphatic heterocycles. The van der Waals surface area contributed by atoms with E-state index in [9.17, 15) is 0 Å². The Morgan fingerprint density at radius 3 is 2.74 bits per heavy atom. The van der Waals surface area contributed by atoms with E-state index in [2.05, 4.69) is 39.2 Å². The smallest absolute Gasteiger partial charge is 0.226 e. The summed E-state index contributed by atoms with van der Waals surface area (Å²) in [5.41, 5.74) is 0.938. The van der Waals surface area contributed by atoms with Crippen molar-refractivity contribution in [2.24, 2.45) is 5.92 Å². The third-order valence-electron chi connectivity index (χ3n) is 3.01. The van der Waals surface area contributed by atoms with Crippen LogP contribution in [0.15, 0.2) is 33.9 Å². The van der Waals surface area contributed by atoms with Crippen molar-refractivity contribution in [2.45, 2.75) is 31.2 Å². The van der Waals surface area contributed by atoms with Gasteiger partial charge in [-0.25, -0.2) is 4.98 Å². The van der Waals surface area contributed by atoms with Crippen molar-refractivity contribution >= 4 is 23.4 Å². The van der Waals surface area contributed by atoms with E-state index in [0.717, 1.165) is 12.0 Å². The summed E-state index contributed by atoms with van der Waals surface area (Å²) in [7, 11) is 0. The van der Waals surface area contributed by atoms with Gasteiger partial charge >= 0.3 is 0 Å². The molecule has 0 saturated heterocycles. The van der Waals surface area contributed by atoms with Crippen molar-refractivity contribution in [2.75, 3.05) is 0 Å². The Kier molecular flexibility index (Phi) is 4.97. The summed E-state index contributed by atoms with van der Waals surface area (Å²) in [6.45, 7) is 4.23. The number of rotatable bonds is 6. The van der Waals surface area contributed by atoms with Gasteiger partial charge in [0.25, 0.3) is 0 Å². The minimum absolute atomic E-state index is 0.492. The van der Waals surface area contributed by atoms with Crippen molar-refractivity contribution in [1.29, 1.82) is 0 Å². The summed E-state index contributed by atoms with van der Waals surface area (Å²) in [4.78, 5) is 8.81. The van der Waals surface area contributed by atoms with E-state index in [1.54, 1.807) is 0 Å². The lowest BCUT2D eigenvalue weighted by Crippen LogP contribution is -1.94. The zero-order valence-electron chi connectivity index (χ0n) is 12.8. The number of aromatic amines is 1. The topological polar surface area (TPSA) is 80.5 Å². The van der Waals surface area contributed by atoms with E-state index in [1.165, 1.54) is 11.8 Å². The molecule has 3 rings (SSSR count). The summed E-state index contributed by atoms with van der Waals surface area (Å²) < 4.78 is 5.21. The third kappa shape index (κ3) is 4.33. The first kappa shape index (κ1) is 16.0. The maximum Gasteiger partial charge on any atom is 0.226 e. The van der Waals surface area contributed by atoms with Gasteiger partial charge in [-0.15, -0.1) is 5.10 Å². The highest BCUT2D eigenvalue weighted by atomic mass is 35.5. The lowest BCUT2D eigenvalue weighted by molar-refractivity contribution is 0.360. The second-order valence-electron chi connectivity index (χ2n) is 5.46. The molecule has 0 fully saturated rings. The predicted octanol–water partition coefficient (Wildman–Crippen LogP) is 4.00. The molecule has 0 aliphatic rings. The number of hydrogen-bond donors (Lipinski definition) is 1. The van der Waals surface area contributed by atoms with Crippen LogP contribution in [0.5, 0.6) is 0 Å². The molecule has 1 aromatic carbocycles. The van der Waals surface area contributed by atoms with Gasteiger partial charge in [-0.05, 0) is 30.2 Å². The largest absolute Gasteiger partial charge is 0.339 e. The molecule has 6 nitrogen and oxygen atoms in total. The summed E-state index contributed by atoms with van der Waals surface area (Å²) in [5.74, 6) is 3.10. The summed E-state index contributed by atoms with van der Waals surface area (Å²) in [6, 6.07) is 7.44. The second kappa shape index (κ2) is 7.14. The normalized spacial score (nSPS) is 11.3. The minimum atomic E-state index is 0.492. The summed E-state index contributed by atoms with van der Waals surface area (Å²) in [5, 5.41) is 12.4. The molecule has 0 spiro atoms. The third-order valence-corrected chi connectivity index (χ3v) is 4.10. The Balaban J connectivity index is 1.61. The van der Waals surface area contributed by atoms with E-state index in [0.29, 0.717) is 39.4 Å². The van der Waals surface area contributed by atoms with Gasteiger partial charge in [0.05, 0.1) is 5.75 Å². The molecule has 1 N–H and O–H groups in total. The van der Waals surface area contributed by atoms with Crippen LogP contribution < -0.4 is 0 Å². The van der Waals surface area contributed by atoms with Gasteiger partial charge < -0.3 is 4.52 Å². The average molecular weight is 350 g/mol. The summed E-state index contributed by atoms with van der Waals surface area (Å²) in [6.07, 6.45) is 0.791. The number of nitrogens with one attached hydrogen (secondary N) is 1. The van der Waals surface area contributed by atoms with E-state index >= 15 is 0 Å². The molecule has 0 radical (unpaired) electrons. The van der Waals surface area contributed by atoms with Gasteiger partial charge in [-0.2, -0.15) is 4.98 Å². The first-order chi connectivity index (χ1) is 11.1. The van der Waals surface area contributed by atoms with Crippen LogP contribution in [0.3, 0.4) is 0 Å². The monoisotopic (exact) mass is 349 g/mol. The van der Waals surface area contributed by atoms with Crippen molar-refractivity contribution in [3.8, 4) is 11.4 Å². The molecule has 0 amide bonds. The molecule has 0 saturated carbocycles. The number of nitrogens with zero attached hydrogens (tertiary/aromatic N) is 4. The van der Waals surface area contributed by atoms with E-state index < -0.39 is 0 Å². The molecule has 0 unspecified atom stereocenters. The summed E-state index contributed by atoms with van der Waals surface area (Å²) >= 11 is 7.34. The van der Waals surface area contributed by atoms with Crippen LogP contribution in [0.25, 0.3) is 11.4 Å². The molecular weight excluding hydrogens is 334 g/mol. The number of aromatic nitrogens is 5. The van der Waals surface area contributed by atoms with Crippen LogP contribution in [-0.2, 0) is 12.2 Å². The standard InChI is InChI=1S/C15H16ClN5OS/c1-9(2)7-13-17-12(21-22-13)8-23-15-18-14(19-20-15)10-3-5-11(16)6-4-10/h3-6,9H,7-8H2,1-2H3,(H,18,19,20). The zero-order chi connectivity index (χ0) is 16.2. The van der Waals surface area contributed by atoms with Gasteiger partial charge in [-0.3, -0.25) is 5.10 Å². The van der Waals surface area contributed by atoms with Gasteiger partial charge in [0.2, 0.25) is 11.0 Å². The van der Waals surface area contributed by atoms with Crippen LogP contribution in [0.4, 0.5) is 0 Å². The molecule has 0 bridgehead atoms. The van der Waals surface area contributed by atoms with E-state index in [-0.39, 0.29) is 0 Å². The van der Waals surface area contributed by atoms with Crippen LogP contribution in [0.2, 0.25) is 5.02 Å². The lowest BCUT2D eigenvalue weighted by Gasteiger charge is -1.96. The SMILES string of the molecule is CC(C)Cc1nc(CSc2n[nH]c(-c3ccc(Cl)cc3)n2)no1. The van der Waals surface area contributed by atoms with Crippen LogP contribution in [-0.4, -0.2) is 25.3 Å². The number of H-pyrrole nitrogens is 1. The molecule has 0 aliphatic carbocycles.